The van der Waals surface area contributed by atoms with Crippen molar-refractivity contribution in [3.05, 3.63) is 57.5 Å². The van der Waals surface area contributed by atoms with Gasteiger partial charge in [0.25, 0.3) is 5.91 Å². The molecular weight excluding hydrogens is 392 g/mol. The Morgan fingerprint density at radius 2 is 1.68 bits per heavy atom. The van der Waals surface area contributed by atoms with E-state index in [0.717, 1.165) is 10.7 Å². The smallest absolute Gasteiger partial charge is 0.257 e. The van der Waals surface area contributed by atoms with Crippen LogP contribution in [0.15, 0.2) is 46.9 Å². The summed E-state index contributed by atoms with van der Waals surface area (Å²) in [6.07, 6.45) is 1.04. The van der Waals surface area contributed by atoms with Crippen molar-refractivity contribution in [2.75, 3.05) is 16.3 Å². The van der Waals surface area contributed by atoms with Crippen molar-refractivity contribution in [2.45, 2.75) is 0 Å². The first-order valence-electron chi connectivity index (χ1n) is 6.09. The Morgan fingerprint density at radius 3 is 2.23 bits per heavy atom. The Morgan fingerprint density at radius 1 is 1.09 bits per heavy atom. The molecule has 0 unspecified atom stereocenters. The third kappa shape index (κ3) is 4.72. The fourth-order valence-electron chi connectivity index (χ4n) is 1.71. The zero-order valence-electron chi connectivity index (χ0n) is 11.4. The summed E-state index contributed by atoms with van der Waals surface area (Å²) in [7, 11) is -3.39. The lowest BCUT2D eigenvalue weighted by Gasteiger charge is -2.09. The third-order valence-electron chi connectivity index (χ3n) is 2.62. The van der Waals surface area contributed by atoms with Crippen LogP contribution in [-0.2, 0) is 10.0 Å². The number of sulfonamides is 1. The summed E-state index contributed by atoms with van der Waals surface area (Å²) < 4.78 is 25.5. The molecule has 5 nitrogen and oxygen atoms in total. The molecule has 0 saturated heterocycles. The number of carbonyl (C=O) groups is 1. The summed E-state index contributed by atoms with van der Waals surface area (Å²) in [6, 6.07) is 11.4. The van der Waals surface area contributed by atoms with E-state index >= 15 is 0 Å². The van der Waals surface area contributed by atoms with Crippen molar-refractivity contribution in [3.8, 4) is 0 Å². The molecule has 0 bridgehead atoms. The zero-order chi connectivity index (χ0) is 16.3. The van der Waals surface area contributed by atoms with E-state index in [4.69, 9.17) is 11.6 Å². The number of amides is 1. The van der Waals surface area contributed by atoms with E-state index in [-0.39, 0.29) is 16.5 Å². The number of benzene rings is 2. The summed E-state index contributed by atoms with van der Waals surface area (Å²) in [5.74, 6) is -0.377. The van der Waals surface area contributed by atoms with E-state index in [9.17, 15) is 13.2 Å². The normalized spacial score (nSPS) is 11.0. The van der Waals surface area contributed by atoms with Gasteiger partial charge in [0.15, 0.2) is 0 Å². The number of carbonyl (C=O) groups excluding carboxylic acids is 1. The minimum absolute atomic E-state index is 0.156. The summed E-state index contributed by atoms with van der Waals surface area (Å²) >= 11 is 9.35. The Bertz CT molecular complexity index is 807. The zero-order valence-corrected chi connectivity index (χ0v) is 14.6. The molecule has 0 aromatic heterocycles. The molecule has 0 fully saturated rings. The number of hydrogen-bond acceptors (Lipinski definition) is 3. The van der Waals surface area contributed by atoms with Crippen LogP contribution in [0.3, 0.4) is 0 Å². The second kappa shape index (κ2) is 6.68. The van der Waals surface area contributed by atoms with Gasteiger partial charge in [-0.3, -0.25) is 9.52 Å². The van der Waals surface area contributed by atoms with Crippen molar-refractivity contribution in [3.63, 3.8) is 0 Å². The molecular formula is C14H12BrClN2O3S. The molecule has 0 aliphatic carbocycles. The number of anilines is 2. The molecule has 2 rings (SSSR count). The molecule has 22 heavy (non-hydrogen) atoms. The molecule has 0 atom stereocenters. The van der Waals surface area contributed by atoms with Crippen molar-refractivity contribution in [1.29, 1.82) is 0 Å². The Balaban J connectivity index is 2.18. The van der Waals surface area contributed by atoms with Crippen molar-refractivity contribution < 1.29 is 13.2 Å². The maximum atomic E-state index is 12.2. The van der Waals surface area contributed by atoms with Crippen LogP contribution in [0.1, 0.15) is 10.4 Å². The fraction of sp³-hybridized carbons (Fsp3) is 0.0714. The van der Waals surface area contributed by atoms with Crippen LogP contribution >= 0.6 is 27.5 Å². The van der Waals surface area contributed by atoms with Gasteiger partial charge in [0.1, 0.15) is 0 Å². The first-order valence-corrected chi connectivity index (χ1v) is 9.15. The van der Waals surface area contributed by atoms with Crippen LogP contribution in [0.25, 0.3) is 0 Å². The number of rotatable bonds is 4. The molecule has 2 aromatic carbocycles. The molecule has 0 radical (unpaired) electrons. The second-order valence-electron chi connectivity index (χ2n) is 4.53. The number of nitrogens with one attached hydrogen (secondary N) is 2. The van der Waals surface area contributed by atoms with Gasteiger partial charge >= 0.3 is 0 Å². The molecule has 2 aromatic rings. The van der Waals surface area contributed by atoms with Crippen LogP contribution in [0.4, 0.5) is 11.4 Å². The Labute approximate surface area is 141 Å². The second-order valence-corrected chi connectivity index (χ2v) is 7.60. The topological polar surface area (TPSA) is 75.3 Å². The average molecular weight is 404 g/mol. The molecule has 0 spiro atoms. The quantitative estimate of drug-likeness (QED) is 0.817. The highest BCUT2D eigenvalue weighted by Crippen LogP contribution is 2.23. The largest absolute Gasteiger partial charge is 0.322 e. The SMILES string of the molecule is CS(=O)(=O)Nc1ccc(C(=O)Nc2ccc(Br)cc2)c(Cl)c1. The molecule has 0 aliphatic heterocycles. The lowest BCUT2D eigenvalue weighted by atomic mass is 10.2. The highest BCUT2D eigenvalue weighted by molar-refractivity contribution is 9.10. The van der Waals surface area contributed by atoms with Gasteiger partial charge in [-0.25, -0.2) is 8.42 Å². The highest BCUT2D eigenvalue weighted by Gasteiger charge is 2.12. The lowest BCUT2D eigenvalue weighted by Crippen LogP contribution is -2.13. The van der Waals surface area contributed by atoms with Crippen LogP contribution in [0.2, 0.25) is 5.02 Å². The van der Waals surface area contributed by atoms with Gasteiger partial charge < -0.3 is 5.32 Å². The predicted molar refractivity (Wildman–Crippen MR) is 92.0 cm³/mol. The first-order chi connectivity index (χ1) is 10.2. The van der Waals surface area contributed by atoms with Crippen molar-refractivity contribution in [2.24, 2.45) is 0 Å². The molecule has 116 valence electrons. The maximum absolute atomic E-state index is 12.2. The minimum atomic E-state index is -3.39. The fourth-order valence-corrected chi connectivity index (χ4v) is 2.79. The summed E-state index contributed by atoms with van der Waals surface area (Å²) in [6.45, 7) is 0. The van der Waals surface area contributed by atoms with Crippen LogP contribution in [0, 0.1) is 0 Å². The number of halogens is 2. The highest BCUT2D eigenvalue weighted by atomic mass is 79.9. The summed E-state index contributed by atoms with van der Waals surface area (Å²) in [5.41, 5.74) is 1.18. The van der Waals surface area contributed by atoms with Gasteiger partial charge in [-0.05, 0) is 42.5 Å². The standard InChI is InChI=1S/C14H12BrClN2O3S/c1-22(20,21)18-11-6-7-12(13(16)8-11)14(19)17-10-4-2-9(15)3-5-10/h2-8,18H,1H3,(H,17,19). The van der Waals surface area contributed by atoms with Gasteiger partial charge in [0, 0.05) is 15.8 Å². The van der Waals surface area contributed by atoms with Gasteiger partial charge in [-0.1, -0.05) is 27.5 Å². The monoisotopic (exact) mass is 402 g/mol. The van der Waals surface area contributed by atoms with E-state index in [1.54, 1.807) is 24.3 Å². The molecule has 0 saturated carbocycles. The Hall–Kier alpha value is -1.57. The summed E-state index contributed by atoms with van der Waals surface area (Å²) in [5, 5.41) is 2.87. The summed E-state index contributed by atoms with van der Waals surface area (Å²) in [4.78, 5) is 12.2. The third-order valence-corrected chi connectivity index (χ3v) is 4.07. The van der Waals surface area contributed by atoms with Crippen molar-refractivity contribution >= 4 is 54.8 Å². The minimum Gasteiger partial charge on any atom is -0.322 e. The van der Waals surface area contributed by atoms with E-state index in [1.165, 1.54) is 18.2 Å². The van der Waals surface area contributed by atoms with E-state index < -0.39 is 10.0 Å². The van der Waals surface area contributed by atoms with Gasteiger partial charge in [0.05, 0.1) is 16.8 Å². The van der Waals surface area contributed by atoms with E-state index in [2.05, 4.69) is 26.0 Å². The molecule has 8 heteroatoms. The Kier molecular flexibility index (Phi) is 5.10. The maximum Gasteiger partial charge on any atom is 0.257 e. The van der Waals surface area contributed by atoms with Crippen LogP contribution < -0.4 is 10.0 Å². The van der Waals surface area contributed by atoms with Gasteiger partial charge in [-0.2, -0.15) is 0 Å². The lowest BCUT2D eigenvalue weighted by molar-refractivity contribution is 0.102. The van der Waals surface area contributed by atoms with Crippen molar-refractivity contribution in [1.82, 2.24) is 0 Å². The average Bonchev–Trinajstić information content (AvgIpc) is 2.39. The van der Waals surface area contributed by atoms with Crippen LogP contribution in [0.5, 0.6) is 0 Å². The molecule has 0 heterocycles. The predicted octanol–water partition coefficient (Wildman–Crippen LogP) is 3.73. The van der Waals surface area contributed by atoms with Crippen LogP contribution in [-0.4, -0.2) is 20.6 Å². The molecule has 2 N–H and O–H groups in total. The molecule has 1 amide bonds. The molecule has 0 aliphatic rings. The van der Waals surface area contributed by atoms with Gasteiger partial charge in [0.2, 0.25) is 10.0 Å². The number of hydrogen-bond donors (Lipinski definition) is 2. The first kappa shape index (κ1) is 16.8. The van der Waals surface area contributed by atoms with E-state index in [0.29, 0.717) is 11.4 Å². The van der Waals surface area contributed by atoms with E-state index in [1.807, 2.05) is 0 Å². The van der Waals surface area contributed by atoms with Gasteiger partial charge in [-0.15, -0.1) is 0 Å².